The largest absolute Gasteiger partial charge is 0.484 e. The average molecular weight is 325 g/mol. The van der Waals surface area contributed by atoms with E-state index >= 15 is 0 Å². The van der Waals surface area contributed by atoms with E-state index in [4.69, 9.17) is 4.74 Å². The van der Waals surface area contributed by atoms with Crippen LogP contribution in [0.25, 0.3) is 0 Å². The molecule has 3 nitrogen and oxygen atoms in total. The maximum absolute atomic E-state index is 12.0. The normalized spacial score (nSPS) is 10.4. The highest BCUT2D eigenvalue weighted by atomic mass is 16.5. The Morgan fingerprint density at radius 1 is 0.875 bits per heavy atom. The minimum absolute atomic E-state index is 0.0186. The van der Waals surface area contributed by atoms with Crippen LogP contribution in [-0.2, 0) is 17.6 Å². The van der Waals surface area contributed by atoms with Crippen LogP contribution in [0, 0.1) is 0 Å². The molecule has 24 heavy (non-hydrogen) atoms. The van der Waals surface area contributed by atoms with Gasteiger partial charge in [-0.25, -0.2) is 0 Å². The monoisotopic (exact) mass is 325 g/mol. The summed E-state index contributed by atoms with van der Waals surface area (Å²) in [6, 6.07) is 16.0. The maximum Gasteiger partial charge on any atom is 0.262 e. The predicted octanol–water partition coefficient (Wildman–Crippen LogP) is 5.00. The first-order valence-electron chi connectivity index (χ1n) is 8.81. The second kappa shape index (κ2) is 9.76. The Bertz CT molecular complexity index is 617. The van der Waals surface area contributed by atoms with Crippen molar-refractivity contribution in [2.75, 3.05) is 11.9 Å². The summed E-state index contributed by atoms with van der Waals surface area (Å²) in [6.07, 6.45) is 5.66. The molecule has 0 radical (unpaired) electrons. The molecule has 0 saturated carbocycles. The van der Waals surface area contributed by atoms with Gasteiger partial charge in [0.1, 0.15) is 5.75 Å². The third kappa shape index (κ3) is 6.07. The zero-order valence-electron chi connectivity index (χ0n) is 14.7. The van der Waals surface area contributed by atoms with Crippen LogP contribution in [0.1, 0.15) is 44.2 Å². The molecule has 2 aromatic rings. The van der Waals surface area contributed by atoms with E-state index in [-0.39, 0.29) is 12.5 Å². The van der Waals surface area contributed by atoms with Crippen LogP contribution < -0.4 is 10.1 Å². The molecular weight excluding hydrogens is 298 g/mol. The van der Waals surface area contributed by atoms with Crippen molar-refractivity contribution in [1.29, 1.82) is 0 Å². The van der Waals surface area contributed by atoms with Crippen molar-refractivity contribution in [3.05, 3.63) is 59.7 Å². The van der Waals surface area contributed by atoms with Crippen molar-refractivity contribution in [3.63, 3.8) is 0 Å². The van der Waals surface area contributed by atoms with E-state index in [0.29, 0.717) is 0 Å². The third-order valence-electron chi connectivity index (χ3n) is 3.89. The average Bonchev–Trinajstić information content (AvgIpc) is 2.61. The van der Waals surface area contributed by atoms with Gasteiger partial charge in [-0.15, -0.1) is 0 Å². The fourth-order valence-electron chi connectivity index (χ4n) is 2.52. The molecule has 0 spiro atoms. The Hall–Kier alpha value is -2.29. The van der Waals surface area contributed by atoms with E-state index in [2.05, 4.69) is 31.3 Å². The first-order valence-corrected chi connectivity index (χ1v) is 8.81. The SMILES string of the molecule is CCCCc1ccc(NC(=O)COc2ccc(CCC)cc2)cc1. The lowest BCUT2D eigenvalue weighted by Crippen LogP contribution is -2.20. The van der Waals surface area contributed by atoms with Gasteiger partial charge in [0.2, 0.25) is 0 Å². The van der Waals surface area contributed by atoms with Gasteiger partial charge in [-0.1, -0.05) is 51.0 Å². The zero-order valence-corrected chi connectivity index (χ0v) is 14.7. The number of benzene rings is 2. The Balaban J connectivity index is 1.78. The molecule has 128 valence electrons. The van der Waals surface area contributed by atoms with Gasteiger partial charge in [-0.05, 0) is 54.7 Å². The number of rotatable bonds is 9. The van der Waals surface area contributed by atoms with Gasteiger partial charge in [0.25, 0.3) is 5.91 Å². The molecule has 0 aliphatic heterocycles. The molecule has 0 aliphatic rings. The van der Waals surface area contributed by atoms with E-state index in [1.54, 1.807) is 0 Å². The Kier molecular flexibility index (Phi) is 7.34. The summed E-state index contributed by atoms with van der Waals surface area (Å²) in [7, 11) is 0. The van der Waals surface area contributed by atoms with E-state index in [1.165, 1.54) is 24.0 Å². The molecule has 3 heteroatoms. The third-order valence-corrected chi connectivity index (χ3v) is 3.89. The number of amides is 1. The van der Waals surface area contributed by atoms with Gasteiger partial charge in [0, 0.05) is 5.69 Å². The Morgan fingerprint density at radius 3 is 2.12 bits per heavy atom. The lowest BCUT2D eigenvalue weighted by Gasteiger charge is -2.09. The number of carbonyl (C=O) groups excluding carboxylic acids is 1. The van der Waals surface area contributed by atoms with Gasteiger partial charge in [0.05, 0.1) is 0 Å². The van der Waals surface area contributed by atoms with E-state index in [9.17, 15) is 4.79 Å². The first-order chi connectivity index (χ1) is 11.7. The van der Waals surface area contributed by atoms with Crippen molar-refractivity contribution >= 4 is 11.6 Å². The minimum Gasteiger partial charge on any atom is -0.484 e. The second-order valence-corrected chi connectivity index (χ2v) is 6.03. The quantitative estimate of drug-likeness (QED) is 0.704. The predicted molar refractivity (Wildman–Crippen MR) is 99.6 cm³/mol. The van der Waals surface area contributed by atoms with Gasteiger partial charge in [0.15, 0.2) is 6.61 Å². The highest BCUT2D eigenvalue weighted by molar-refractivity contribution is 5.91. The van der Waals surface area contributed by atoms with Gasteiger partial charge in [-0.3, -0.25) is 4.79 Å². The number of hydrogen-bond donors (Lipinski definition) is 1. The van der Waals surface area contributed by atoms with Crippen LogP contribution in [0.15, 0.2) is 48.5 Å². The minimum atomic E-state index is -0.144. The van der Waals surface area contributed by atoms with E-state index in [0.717, 1.165) is 30.7 Å². The topological polar surface area (TPSA) is 38.3 Å². The molecule has 2 rings (SSSR count). The van der Waals surface area contributed by atoms with Crippen molar-refractivity contribution < 1.29 is 9.53 Å². The van der Waals surface area contributed by atoms with Crippen molar-refractivity contribution in [2.24, 2.45) is 0 Å². The van der Waals surface area contributed by atoms with Crippen LogP contribution in [0.5, 0.6) is 5.75 Å². The Morgan fingerprint density at radius 2 is 1.50 bits per heavy atom. The summed E-state index contributed by atoms with van der Waals surface area (Å²) in [4.78, 5) is 12.0. The van der Waals surface area contributed by atoms with E-state index in [1.807, 2.05) is 36.4 Å². The number of unbranched alkanes of at least 4 members (excludes halogenated alkanes) is 1. The molecule has 0 bridgehead atoms. The molecule has 0 fully saturated rings. The van der Waals surface area contributed by atoms with Gasteiger partial charge in [-0.2, -0.15) is 0 Å². The fourth-order valence-corrected chi connectivity index (χ4v) is 2.52. The summed E-state index contributed by atoms with van der Waals surface area (Å²) >= 11 is 0. The lowest BCUT2D eigenvalue weighted by molar-refractivity contribution is -0.118. The van der Waals surface area contributed by atoms with Gasteiger partial charge >= 0.3 is 0 Å². The highest BCUT2D eigenvalue weighted by Gasteiger charge is 2.04. The van der Waals surface area contributed by atoms with Crippen LogP contribution in [0.3, 0.4) is 0 Å². The molecule has 0 atom stereocenters. The number of carbonyl (C=O) groups is 1. The summed E-state index contributed by atoms with van der Waals surface area (Å²) in [5, 5.41) is 2.86. The van der Waals surface area contributed by atoms with Crippen molar-refractivity contribution in [2.45, 2.75) is 46.0 Å². The standard InChI is InChI=1S/C21H27NO2/c1-3-5-7-18-8-12-19(13-9-18)22-21(23)16-24-20-14-10-17(6-4-2)11-15-20/h8-15H,3-7,16H2,1-2H3,(H,22,23). The molecule has 0 aromatic heterocycles. The van der Waals surface area contributed by atoms with Crippen LogP contribution in [0.4, 0.5) is 5.69 Å². The first kappa shape index (κ1) is 18.1. The van der Waals surface area contributed by atoms with Gasteiger partial charge < -0.3 is 10.1 Å². The lowest BCUT2D eigenvalue weighted by atomic mass is 10.1. The molecule has 2 aromatic carbocycles. The molecule has 1 amide bonds. The summed E-state index contributed by atoms with van der Waals surface area (Å²) in [5.74, 6) is 0.578. The number of aryl methyl sites for hydroxylation is 2. The maximum atomic E-state index is 12.0. The van der Waals surface area contributed by atoms with Crippen molar-refractivity contribution in [1.82, 2.24) is 0 Å². The second-order valence-electron chi connectivity index (χ2n) is 6.03. The van der Waals surface area contributed by atoms with Crippen molar-refractivity contribution in [3.8, 4) is 5.75 Å². The molecule has 0 aliphatic carbocycles. The molecular formula is C21H27NO2. The van der Waals surface area contributed by atoms with Crippen LogP contribution in [-0.4, -0.2) is 12.5 Å². The molecule has 0 heterocycles. The number of anilines is 1. The van der Waals surface area contributed by atoms with Crippen LogP contribution >= 0.6 is 0 Å². The number of nitrogens with one attached hydrogen (secondary N) is 1. The van der Waals surface area contributed by atoms with E-state index < -0.39 is 0 Å². The molecule has 0 unspecified atom stereocenters. The number of ether oxygens (including phenoxy) is 1. The summed E-state index contributed by atoms with van der Waals surface area (Å²) in [5.41, 5.74) is 3.40. The summed E-state index contributed by atoms with van der Waals surface area (Å²) in [6.45, 7) is 4.36. The summed E-state index contributed by atoms with van der Waals surface area (Å²) < 4.78 is 5.54. The smallest absolute Gasteiger partial charge is 0.262 e. The fraction of sp³-hybridized carbons (Fsp3) is 0.381. The molecule has 0 saturated heterocycles. The van der Waals surface area contributed by atoms with Crippen LogP contribution in [0.2, 0.25) is 0 Å². The molecule has 1 N–H and O–H groups in total. The Labute approximate surface area is 145 Å². The zero-order chi connectivity index (χ0) is 17.2. The number of hydrogen-bond acceptors (Lipinski definition) is 2. The highest BCUT2D eigenvalue weighted by Crippen LogP contribution is 2.14.